The molecule has 2 aromatic rings. The minimum absolute atomic E-state index is 0.0771. The number of aliphatic hydroxyl groups excluding tert-OH is 1. The van der Waals surface area contributed by atoms with Crippen LogP contribution in [0.1, 0.15) is 16.5 Å². The summed E-state index contributed by atoms with van der Waals surface area (Å²) in [7, 11) is 0. The van der Waals surface area contributed by atoms with Gasteiger partial charge in [0, 0.05) is 15.8 Å². The van der Waals surface area contributed by atoms with Crippen molar-refractivity contribution in [3.63, 3.8) is 0 Å². The molecule has 0 aliphatic rings. The van der Waals surface area contributed by atoms with Gasteiger partial charge in [0.1, 0.15) is 5.82 Å². The Morgan fingerprint density at radius 2 is 2.06 bits per heavy atom. The summed E-state index contributed by atoms with van der Waals surface area (Å²) in [6.45, 7) is 0. The second-order valence-electron chi connectivity index (χ2n) is 3.74. The molecule has 0 radical (unpaired) electrons. The van der Waals surface area contributed by atoms with Crippen molar-refractivity contribution in [1.82, 2.24) is 0 Å². The summed E-state index contributed by atoms with van der Waals surface area (Å²) in [6, 6.07) is 6.34. The van der Waals surface area contributed by atoms with Gasteiger partial charge in [-0.3, -0.25) is 0 Å². The molecule has 0 spiro atoms. The summed E-state index contributed by atoms with van der Waals surface area (Å²) >= 11 is 13.9. The van der Waals surface area contributed by atoms with Crippen molar-refractivity contribution in [3.05, 3.63) is 53.8 Å². The number of benzene rings is 1. The van der Waals surface area contributed by atoms with E-state index in [1.54, 1.807) is 6.07 Å². The number of hydrogen-bond donors (Lipinski definition) is 1. The van der Waals surface area contributed by atoms with Crippen molar-refractivity contribution in [2.24, 2.45) is 0 Å². The minimum Gasteiger partial charge on any atom is -0.387 e. The largest absolute Gasteiger partial charge is 0.387 e. The minimum atomic E-state index is -0.626. The number of rotatable bonds is 3. The van der Waals surface area contributed by atoms with E-state index in [-0.39, 0.29) is 5.02 Å². The Hall–Kier alpha value is 0.0600. The van der Waals surface area contributed by atoms with Gasteiger partial charge in [0.2, 0.25) is 0 Å². The first-order chi connectivity index (χ1) is 8.47. The summed E-state index contributed by atoms with van der Waals surface area (Å²) in [5.41, 5.74) is 0.801. The zero-order valence-electron chi connectivity index (χ0n) is 8.96. The second-order valence-corrected chi connectivity index (χ2v) is 7.40. The van der Waals surface area contributed by atoms with E-state index in [1.165, 1.54) is 23.5 Å². The van der Waals surface area contributed by atoms with Crippen molar-refractivity contribution in [2.75, 3.05) is 0 Å². The predicted molar refractivity (Wildman–Crippen MR) is 79.8 cm³/mol. The van der Waals surface area contributed by atoms with E-state index in [9.17, 15) is 9.50 Å². The quantitative estimate of drug-likeness (QED) is 0.719. The molecular formula is C12H8Br2ClFOS. The van der Waals surface area contributed by atoms with Crippen LogP contribution in [0.15, 0.2) is 32.5 Å². The van der Waals surface area contributed by atoms with Crippen LogP contribution >= 0.6 is 54.8 Å². The van der Waals surface area contributed by atoms with Gasteiger partial charge in [-0.05, 0) is 55.6 Å². The zero-order chi connectivity index (χ0) is 13.3. The van der Waals surface area contributed by atoms with Crippen molar-refractivity contribution >= 4 is 54.8 Å². The van der Waals surface area contributed by atoms with Crippen LogP contribution in [0.2, 0.25) is 5.02 Å². The summed E-state index contributed by atoms with van der Waals surface area (Å²) in [5, 5.41) is 10.2. The normalized spacial score (nSPS) is 12.7. The number of thiophene rings is 1. The standard InChI is InChI=1S/C12H8Br2ClFOS/c13-7-5-11(18-12(7)14)10(17)4-6-1-2-9(16)8(15)3-6/h1-3,5,10,17H,4H2. The number of aliphatic hydroxyl groups is 1. The average molecular weight is 415 g/mol. The van der Waals surface area contributed by atoms with E-state index in [4.69, 9.17) is 11.6 Å². The average Bonchev–Trinajstić information content (AvgIpc) is 2.65. The zero-order valence-corrected chi connectivity index (χ0v) is 13.7. The Kier molecular flexibility index (Phi) is 4.83. The van der Waals surface area contributed by atoms with Crippen LogP contribution < -0.4 is 0 Å². The molecule has 1 aromatic carbocycles. The third kappa shape index (κ3) is 3.33. The molecule has 1 N–H and O–H groups in total. The van der Waals surface area contributed by atoms with Crippen molar-refractivity contribution < 1.29 is 9.50 Å². The number of hydrogen-bond acceptors (Lipinski definition) is 2. The van der Waals surface area contributed by atoms with E-state index in [0.717, 1.165) is 18.7 Å². The molecule has 1 heterocycles. The SMILES string of the molecule is OC(Cc1ccc(F)c(Cl)c1)c1cc(Br)c(Br)s1. The van der Waals surface area contributed by atoms with Crippen LogP contribution in [0.5, 0.6) is 0 Å². The van der Waals surface area contributed by atoms with Crippen LogP contribution in [-0.4, -0.2) is 5.11 Å². The van der Waals surface area contributed by atoms with Gasteiger partial charge >= 0.3 is 0 Å². The van der Waals surface area contributed by atoms with Gasteiger partial charge in [-0.1, -0.05) is 17.7 Å². The maximum Gasteiger partial charge on any atom is 0.141 e. The number of halogens is 4. The topological polar surface area (TPSA) is 20.2 Å². The highest BCUT2D eigenvalue weighted by molar-refractivity contribution is 9.13. The lowest BCUT2D eigenvalue weighted by molar-refractivity contribution is 0.182. The predicted octanol–water partition coefficient (Wildman–Crippen LogP) is 5.34. The van der Waals surface area contributed by atoms with E-state index >= 15 is 0 Å². The Labute approximate surface area is 130 Å². The Morgan fingerprint density at radius 1 is 1.33 bits per heavy atom. The maximum absolute atomic E-state index is 13.0. The molecule has 0 fully saturated rings. The molecule has 1 unspecified atom stereocenters. The van der Waals surface area contributed by atoms with Crippen molar-refractivity contribution in [1.29, 1.82) is 0 Å². The van der Waals surface area contributed by atoms with Crippen molar-refractivity contribution in [2.45, 2.75) is 12.5 Å². The van der Waals surface area contributed by atoms with Crippen LogP contribution in [0.3, 0.4) is 0 Å². The van der Waals surface area contributed by atoms with Gasteiger partial charge in [-0.15, -0.1) is 11.3 Å². The molecule has 0 bridgehead atoms. The van der Waals surface area contributed by atoms with E-state index < -0.39 is 11.9 Å². The lowest BCUT2D eigenvalue weighted by atomic mass is 10.1. The summed E-state index contributed by atoms with van der Waals surface area (Å²) < 4.78 is 14.9. The summed E-state index contributed by atoms with van der Waals surface area (Å²) in [4.78, 5) is 0.842. The molecule has 0 aliphatic carbocycles. The molecule has 1 nitrogen and oxygen atoms in total. The Morgan fingerprint density at radius 3 is 2.61 bits per heavy atom. The fourth-order valence-corrected chi connectivity index (χ4v) is 3.80. The lowest BCUT2D eigenvalue weighted by Gasteiger charge is -2.08. The highest BCUT2D eigenvalue weighted by Gasteiger charge is 2.14. The molecule has 0 aliphatic heterocycles. The molecular weight excluding hydrogens is 406 g/mol. The second kappa shape index (κ2) is 6.01. The molecule has 1 atom stereocenters. The third-order valence-electron chi connectivity index (χ3n) is 2.41. The van der Waals surface area contributed by atoms with Crippen LogP contribution in [0.25, 0.3) is 0 Å². The van der Waals surface area contributed by atoms with E-state index in [1.807, 2.05) is 6.07 Å². The van der Waals surface area contributed by atoms with Gasteiger partial charge < -0.3 is 5.11 Å². The first-order valence-corrected chi connectivity index (χ1v) is 7.82. The molecule has 1 aromatic heterocycles. The smallest absolute Gasteiger partial charge is 0.141 e. The third-order valence-corrected chi connectivity index (χ3v) is 6.05. The molecule has 0 amide bonds. The van der Waals surface area contributed by atoms with Gasteiger partial charge in [0.25, 0.3) is 0 Å². The highest BCUT2D eigenvalue weighted by atomic mass is 79.9. The van der Waals surface area contributed by atoms with Crippen LogP contribution in [0, 0.1) is 5.82 Å². The van der Waals surface area contributed by atoms with Crippen LogP contribution in [-0.2, 0) is 6.42 Å². The first-order valence-electron chi connectivity index (χ1n) is 5.04. The summed E-state index contributed by atoms with van der Waals surface area (Å²) in [5.74, 6) is -0.448. The van der Waals surface area contributed by atoms with Crippen LogP contribution in [0.4, 0.5) is 4.39 Å². The van der Waals surface area contributed by atoms with Gasteiger partial charge in [0.05, 0.1) is 14.9 Å². The van der Waals surface area contributed by atoms with Gasteiger partial charge in [0.15, 0.2) is 0 Å². The molecule has 2 rings (SSSR count). The molecule has 96 valence electrons. The highest BCUT2D eigenvalue weighted by Crippen LogP contribution is 2.36. The monoisotopic (exact) mass is 412 g/mol. The Balaban J connectivity index is 2.15. The van der Waals surface area contributed by atoms with E-state index in [2.05, 4.69) is 31.9 Å². The Bertz CT molecular complexity index is 554. The van der Waals surface area contributed by atoms with E-state index in [0.29, 0.717) is 6.42 Å². The maximum atomic E-state index is 13.0. The lowest BCUT2D eigenvalue weighted by Crippen LogP contribution is -1.99. The fourth-order valence-electron chi connectivity index (χ4n) is 1.52. The first kappa shape index (κ1) is 14.5. The molecule has 18 heavy (non-hydrogen) atoms. The fraction of sp³-hybridized carbons (Fsp3) is 0.167. The summed E-state index contributed by atoms with van der Waals surface area (Å²) in [6.07, 6.45) is -0.224. The molecule has 0 saturated heterocycles. The van der Waals surface area contributed by atoms with Crippen molar-refractivity contribution in [3.8, 4) is 0 Å². The van der Waals surface area contributed by atoms with Gasteiger partial charge in [-0.2, -0.15) is 0 Å². The van der Waals surface area contributed by atoms with Gasteiger partial charge in [-0.25, -0.2) is 4.39 Å². The molecule has 6 heteroatoms. The molecule has 0 saturated carbocycles.